The molecule has 1 aromatic rings. The zero-order chi connectivity index (χ0) is 11.4. The number of halogens is 1. The van der Waals surface area contributed by atoms with Crippen LogP contribution in [0.3, 0.4) is 0 Å². The molecule has 0 aromatic heterocycles. The van der Waals surface area contributed by atoms with E-state index in [2.05, 4.69) is 0 Å². The Balaban J connectivity index is 1.86. The Morgan fingerprint density at radius 2 is 2.06 bits per heavy atom. The Bertz CT molecular complexity index is 367. The molecule has 16 heavy (non-hydrogen) atoms. The second kappa shape index (κ2) is 5.49. The summed E-state index contributed by atoms with van der Waals surface area (Å²) in [6.07, 6.45) is 6.37. The third kappa shape index (κ3) is 3.34. The minimum Gasteiger partial charge on any atom is -0.299 e. The number of Topliss-reactive ketones (excluding diaryl/α,β-unsaturated/α-hetero) is 1. The first-order valence-corrected chi connectivity index (χ1v) is 6.38. The Labute approximate surface area is 102 Å². The second-order valence-corrected chi connectivity index (χ2v) is 5.14. The molecule has 1 aromatic carbocycles. The third-order valence-electron chi connectivity index (χ3n) is 3.28. The van der Waals surface area contributed by atoms with Gasteiger partial charge in [0.25, 0.3) is 0 Å². The molecule has 1 nitrogen and oxygen atoms in total. The number of rotatable bonds is 4. The Morgan fingerprint density at radius 3 is 2.75 bits per heavy atom. The molecule has 0 radical (unpaired) electrons. The molecule has 0 N–H and O–H groups in total. The molecule has 0 amide bonds. The zero-order valence-electron chi connectivity index (χ0n) is 9.42. The fourth-order valence-electron chi connectivity index (χ4n) is 2.48. The van der Waals surface area contributed by atoms with Crippen LogP contribution in [0.2, 0.25) is 5.02 Å². The highest BCUT2D eigenvalue weighted by atomic mass is 35.5. The first-order chi connectivity index (χ1) is 7.74. The van der Waals surface area contributed by atoms with Crippen LogP contribution in [0.25, 0.3) is 0 Å². The number of carbonyl (C=O) groups is 1. The van der Waals surface area contributed by atoms with Crippen LogP contribution in [0.15, 0.2) is 24.3 Å². The third-order valence-corrected chi connectivity index (χ3v) is 3.52. The summed E-state index contributed by atoms with van der Waals surface area (Å²) in [6, 6.07) is 7.60. The number of benzene rings is 1. The van der Waals surface area contributed by atoms with Crippen LogP contribution in [0.1, 0.15) is 37.7 Å². The highest BCUT2D eigenvalue weighted by molar-refractivity contribution is 6.30. The van der Waals surface area contributed by atoms with Crippen LogP contribution in [-0.4, -0.2) is 5.78 Å². The molecule has 1 aliphatic carbocycles. The fraction of sp³-hybridized carbons (Fsp3) is 0.500. The highest BCUT2D eigenvalue weighted by Gasteiger charge is 2.18. The first-order valence-electron chi connectivity index (χ1n) is 6.00. The van der Waals surface area contributed by atoms with E-state index in [0.29, 0.717) is 23.1 Å². The van der Waals surface area contributed by atoms with Crippen LogP contribution in [0.4, 0.5) is 0 Å². The van der Waals surface area contributed by atoms with Gasteiger partial charge in [-0.15, -0.1) is 0 Å². The molecule has 1 aliphatic rings. The molecule has 2 heteroatoms. The predicted octanol–water partition coefficient (Wildman–Crippen LogP) is 4.03. The topological polar surface area (TPSA) is 17.1 Å². The number of carbonyl (C=O) groups excluding carboxylic acids is 1. The van der Waals surface area contributed by atoms with E-state index in [1.54, 1.807) is 0 Å². The maximum Gasteiger partial charge on any atom is 0.137 e. The summed E-state index contributed by atoms with van der Waals surface area (Å²) in [6.45, 7) is 0. The first kappa shape index (κ1) is 11.7. The van der Waals surface area contributed by atoms with Crippen LogP contribution in [0, 0.1) is 5.92 Å². The van der Waals surface area contributed by atoms with Crippen molar-refractivity contribution < 1.29 is 4.79 Å². The lowest BCUT2D eigenvalue weighted by atomic mass is 9.97. The predicted molar refractivity (Wildman–Crippen MR) is 66.7 cm³/mol. The van der Waals surface area contributed by atoms with Gasteiger partial charge in [0.15, 0.2) is 0 Å². The van der Waals surface area contributed by atoms with Crippen LogP contribution in [-0.2, 0) is 11.2 Å². The van der Waals surface area contributed by atoms with Gasteiger partial charge >= 0.3 is 0 Å². The SMILES string of the molecule is O=C(Cc1cccc(Cl)c1)CC1CCCC1. The van der Waals surface area contributed by atoms with Crippen molar-refractivity contribution in [3.05, 3.63) is 34.9 Å². The van der Waals surface area contributed by atoms with Gasteiger partial charge in [-0.3, -0.25) is 4.79 Å². The number of hydrogen-bond donors (Lipinski definition) is 0. The van der Waals surface area contributed by atoms with Crippen molar-refractivity contribution in [3.8, 4) is 0 Å². The summed E-state index contributed by atoms with van der Waals surface area (Å²) in [4.78, 5) is 11.8. The van der Waals surface area contributed by atoms with Crippen LogP contribution < -0.4 is 0 Å². The molecular formula is C14H17ClO. The average molecular weight is 237 g/mol. The lowest BCUT2D eigenvalue weighted by Gasteiger charge is -2.07. The van der Waals surface area contributed by atoms with Gasteiger partial charge in [0.2, 0.25) is 0 Å². The molecule has 2 rings (SSSR count). The Kier molecular flexibility index (Phi) is 4.00. The largest absolute Gasteiger partial charge is 0.299 e. The smallest absolute Gasteiger partial charge is 0.137 e. The number of hydrogen-bond acceptors (Lipinski definition) is 1. The maximum atomic E-state index is 11.8. The normalized spacial score (nSPS) is 16.6. The molecule has 1 fully saturated rings. The molecule has 0 aliphatic heterocycles. The van der Waals surface area contributed by atoms with Gasteiger partial charge in [-0.2, -0.15) is 0 Å². The molecule has 86 valence electrons. The highest BCUT2D eigenvalue weighted by Crippen LogP contribution is 2.28. The molecule has 0 bridgehead atoms. The van der Waals surface area contributed by atoms with E-state index in [1.165, 1.54) is 25.7 Å². The van der Waals surface area contributed by atoms with Gasteiger partial charge in [0.1, 0.15) is 5.78 Å². The van der Waals surface area contributed by atoms with E-state index in [4.69, 9.17) is 11.6 Å². The lowest BCUT2D eigenvalue weighted by Crippen LogP contribution is -2.08. The summed E-state index contributed by atoms with van der Waals surface area (Å²) in [7, 11) is 0. The van der Waals surface area contributed by atoms with Crippen molar-refractivity contribution in [2.75, 3.05) is 0 Å². The minimum atomic E-state index is 0.356. The van der Waals surface area contributed by atoms with Crippen LogP contribution in [0.5, 0.6) is 0 Å². The van der Waals surface area contributed by atoms with Gasteiger partial charge < -0.3 is 0 Å². The summed E-state index contributed by atoms with van der Waals surface area (Å²) in [5, 5.41) is 0.714. The monoisotopic (exact) mass is 236 g/mol. The fourth-order valence-corrected chi connectivity index (χ4v) is 2.70. The van der Waals surface area contributed by atoms with Gasteiger partial charge in [-0.25, -0.2) is 0 Å². The lowest BCUT2D eigenvalue weighted by molar-refractivity contribution is -0.119. The summed E-state index contributed by atoms with van der Waals surface area (Å²) in [5.41, 5.74) is 1.04. The van der Waals surface area contributed by atoms with Gasteiger partial charge in [-0.1, -0.05) is 49.4 Å². The summed E-state index contributed by atoms with van der Waals surface area (Å²) in [5.74, 6) is 1.00. The van der Waals surface area contributed by atoms with Crippen molar-refractivity contribution in [1.29, 1.82) is 0 Å². The van der Waals surface area contributed by atoms with Gasteiger partial charge in [0, 0.05) is 17.9 Å². The molecular weight excluding hydrogens is 220 g/mol. The van der Waals surface area contributed by atoms with E-state index in [0.717, 1.165) is 12.0 Å². The molecule has 0 saturated heterocycles. The van der Waals surface area contributed by atoms with E-state index in [1.807, 2.05) is 24.3 Å². The van der Waals surface area contributed by atoms with Crippen molar-refractivity contribution in [2.45, 2.75) is 38.5 Å². The Hall–Kier alpha value is -0.820. The Morgan fingerprint density at radius 1 is 1.31 bits per heavy atom. The van der Waals surface area contributed by atoms with E-state index < -0.39 is 0 Å². The molecule has 0 unspecified atom stereocenters. The molecule has 0 heterocycles. The van der Waals surface area contributed by atoms with Gasteiger partial charge in [-0.05, 0) is 23.6 Å². The minimum absolute atomic E-state index is 0.356. The van der Waals surface area contributed by atoms with Crippen LogP contribution >= 0.6 is 11.6 Å². The van der Waals surface area contributed by atoms with Crippen molar-refractivity contribution in [2.24, 2.45) is 5.92 Å². The summed E-state index contributed by atoms with van der Waals surface area (Å²) >= 11 is 5.89. The zero-order valence-corrected chi connectivity index (χ0v) is 10.2. The van der Waals surface area contributed by atoms with Crippen molar-refractivity contribution in [3.63, 3.8) is 0 Å². The molecule has 1 saturated carbocycles. The average Bonchev–Trinajstić information content (AvgIpc) is 2.70. The molecule has 0 spiro atoms. The number of ketones is 1. The quantitative estimate of drug-likeness (QED) is 0.772. The summed E-state index contributed by atoms with van der Waals surface area (Å²) < 4.78 is 0. The standard InChI is InChI=1S/C14H17ClO/c15-13-7-3-6-12(8-13)10-14(16)9-11-4-1-2-5-11/h3,6-8,11H,1-2,4-5,9-10H2. The van der Waals surface area contributed by atoms with Crippen molar-refractivity contribution in [1.82, 2.24) is 0 Å². The van der Waals surface area contributed by atoms with Gasteiger partial charge in [0.05, 0.1) is 0 Å². The molecule has 0 atom stereocenters. The van der Waals surface area contributed by atoms with E-state index >= 15 is 0 Å². The van der Waals surface area contributed by atoms with E-state index in [-0.39, 0.29) is 0 Å². The second-order valence-electron chi connectivity index (χ2n) is 4.70. The van der Waals surface area contributed by atoms with Crippen molar-refractivity contribution >= 4 is 17.4 Å². The maximum absolute atomic E-state index is 11.8. The van der Waals surface area contributed by atoms with E-state index in [9.17, 15) is 4.79 Å².